The zero-order chi connectivity index (χ0) is 29.2. The number of hydrogen-bond acceptors (Lipinski definition) is 10. The molecule has 0 saturated heterocycles. The van der Waals surface area contributed by atoms with Crippen molar-refractivity contribution in [2.75, 3.05) is 34.0 Å². The van der Waals surface area contributed by atoms with Crippen LogP contribution in [0.3, 0.4) is 0 Å². The average molecular weight is 621 g/mol. The molecule has 2 aromatic rings. The Balaban J connectivity index is 1.69. The number of hydrogen-bond donors (Lipinski definition) is 4. The van der Waals surface area contributed by atoms with E-state index < -0.39 is 24.3 Å². The normalized spacial score (nSPS) is 15.7. The van der Waals surface area contributed by atoms with E-state index in [2.05, 4.69) is 37.1 Å². The Bertz CT molecular complexity index is 1280. The largest absolute Gasteiger partial charge is 0.493 e. The van der Waals surface area contributed by atoms with Crippen LogP contribution in [0.25, 0.3) is 0 Å². The second-order valence-corrected chi connectivity index (χ2v) is 9.24. The number of carbonyl (C=O) groups excluding carboxylic acids is 2. The first kappa shape index (κ1) is 30.6. The Morgan fingerprint density at radius 1 is 1.12 bits per heavy atom. The summed E-state index contributed by atoms with van der Waals surface area (Å²) >= 11 is 3.46. The van der Waals surface area contributed by atoms with E-state index in [0.29, 0.717) is 57.5 Å². The number of carbonyl (C=O) groups is 2. The highest BCUT2D eigenvalue weighted by Crippen LogP contribution is 2.37. The molecule has 2 aromatic carbocycles. The lowest BCUT2D eigenvalue weighted by atomic mass is 9.95. The van der Waals surface area contributed by atoms with Crippen LogP contribution in [-0.2, 0) is 9.53 Å². The van der Waals surface area contributed by atoms with Gasteiger partial charge in [-0.25, -0.2) is 9.59 Å². The Morgan fingerprint density at radius 3 is 2.55 bits per heavy atom. The van der Waals surface area contributed by atoms with Crippen LogP contribution in [-0.4, -0.2) is 63.6 Å². The summed E-state index contributed by atoms with van der Waals surface area (Å²) in [6.07, 6.45) is 0.382. The summed E-state index contributed by atoms with van der Waals surface area (Å²) in [7, 11) is 2.82. The van der Waals surface area contributed by atoms with Gasteiger partial charge in [0.1, 0.15) is 6.61 Å². The highest BCUT2D eigenvalue weighted by Gasteiger charge is 2.32. The minimum atomic E-state index is -1.14. The van der Waals surface area contributed by atoms with Gasteiger partial charge in [0, 0.05) is 5.70 Å². The maximum Gasteiger partial charge on any atom is 0.337 e. The van der Waals surface area contributed by atoms with Crippen LogP contribution >= 0.6 is 15.9 Å². The van der Waals surface area contributed by atoms with Crippen LogP contribution in [0.4, 0.5) is 4.79 Å². The van der Waals surface area contributed by atoms with Gasteiger partial charge in [0.25, 0.3) is 0 Å². The predicted molar refractivity (Wildman–Crippen MR) is 151 cm³/mol. The Hall–Kier alpha value is -3.97. The molecule has 0 unspecified atom stereocenters. The predicted octanol–water partition coefficient (Wildman–Crippen LogP) is 3.38. The zero-order valence-electron chi connectivity index (χ0n) is 22.9. The summed E-state index contributed by atoms with van der Waals surface area (Å²) in [5.74, 6) is 1.30. The van der Waals surface area contributed by atoms with E-state index in [-0.39, 0.29) is 12.2 Å². The first-order valence-corrected chi connectivity index (χ1v) is 13.2. The van der Waals surface area contributed by atoms with Gasteiger partial charge in [-0.1, -0.05) is 6.07 Å². The molecule has 2 amide bonds. The van der Waals surface area contributed by atoms with Gasteiger partial charge < -0.3 is 39.4 Å². The molecule has 2 atom stereocenters. The van der Waals surface area contributed by atoms with Crippen molar-refractivity contribution in [2.45, 2.75) is 33.0 Å². The van der Waals surface area contributed by atoms with E-state index in [1.807, 2.05) is 19.9 Å². The molecule has 0 radical (unpaired) electrons. The third kappa shape index (κ3) is 7.57. The minimum Gasteiger partial charge on any atom is -0.493 e. The van der Waals surface area contributed by atoms with Crippen LogP contribution in [0, 0.1) is 0 Å². The number of ether oxygens (including phenoxy) is 5. The third-order valence-corrected chi connectivity index (χ3v) is 6.24. The number of aliphatic hydroxyl groups excluding tert-OH is 1. The van der Waals surface area contributed by atoms with Crippen molar-refractivity contribution in [2.24, 2.45) is 5.10 Å². The van der Waals surface area contributed by atoms with Crippen molar-refractivity contribution >= 4 is 34.1 Å². The number of rotatable bonds is 13. The quantitative estimate of drug-likeness (QED) is 0.114. The molecule has 1 aliphatic heterocycles. The van der Waals surface area contributed by atoms with Crippen molar-refractivity contribution < 1.29 is 38.4 Å². The van der Waals surface area contributed by atoms with E-state index in [9.17, 15) is 14.7 Å². The van der Waals surface area contributed by atoms with Gasteiger partial charge in [-0.05, 0) is 72.1 Å². The van der Waals surface area contributed by atoms with Gasteiger partial charge in [-0.15, -0.1) is 0 Å². The maximum absolute atomic E-state index is 12.4. The minimum absolute atomic E-state index is 0.149. The first-order valence-electron chi connectivity index (χ1n) is 12.4. The number of allylic oxidation sites excluding steroid dienone is 1. The molecule has 40 heavy (non-hydrogen) atoms. The van der Waals surface area contributed by atoms with Crippen molar-refractivity contribution in [3.8, 4) is 23.0 Å². The number of amides is 2. The summed E-state index contributed by atoms with van der Waals surface area (Å²) in [6, 6.07) is 7.37. The number of hydrazone groups is 1. The molecule has 0 fully saturated rings. The summed E-state index contributed by atoms with van der Waals surface area (Å²) in [4.78, 5) is 24.5. The van der Waals surface area contributed by atoms with Gasteiger partial charge in [0.2, 0.25) is 0 Å². The Morgan fingerprint density at radius 2 is 1.88 bits per heavy atom. The highest BCUT2D eigenvalue weighted by atomic mass is 79.9. The number of methoxy groups -OCH3 is 2. The van der Waals surface area contributed by atoms with E-state index in [1.165, 1.54) is 13.3 Å². The first-order chi connectivity index (χ1) is 19.2. The molecule has 0 aromatic heterocycles. The number of urea groups is 1. The van der Waals surface area contributed by atoms with Crippen molar-refractivity contribution in [3.05, 3.63) is 57.2 Å². The molecule has 0 spiro atoms. The highest BCUT2D eigenvalue weighted by molar-refractivity contribution is 9.10. The molecular formula is C27H33BrN4O8. The fourth-order valence-corrected chi connectivity index (χ4v) is 4.49. The van der Waals surface area contributed by atoms with Gasteiger partial charge in [-0.2, -0.15) is 5.10 Å². The van der Waals surface area contributed by atoms with Gasteiger partial charge in [-0.3, -0.25) is 5.43 Å². The molecule has 0 bridgehead atoms. The maximum atomic E-state index is 12.4. The monoisotopic (exact) mass is 620 g/mol. The zero-order valence-corrected chi connectivity index (χ0v) is 24.5. The smallest absolute Gasteiger partial charge is 0.337 e. The molecule has 13 heteroatoms. The summed E-state index contributed by atoms with van der Waals surface area (Å²) < 4.78 is 28.1. The second-order valence-electron chi connectivity index (χ2n) is 8.38. The number of esters is 1. The lowest BCUT2D eigenvalue weighted by molar-refractivity contribution is -0.136. The van der Waals surface area contributed by atoms with Crippen molar-refractivity contribution in [3.63, 3.8) is 0 Å². The number of nitrogens with one attached hydrogen (secondary N) is 3. The SMILES string of the molecule is CCOc1cc([C@H]2NC(=O)NC(C)=C2C(=O)OC)ccc1OC[C@@H](O)N/N=C\c1cc(Br)c(OCC)c(OC)c1. The molecule has 1 aliphatic rings. The van der Waals surface area contributed by atoms with Crippen molar-refractivity contribution in [1.82, 2.24) is 16.1 Å². The molecule has 0 aliphatic carbocycles. The summed E-state index contributed by atoms with van der Waals surface area (Å²) in [6.45, 7) is 6.00. The van der Waals surface area contributed by atoms with Crippen LogP contribution in [0.5, 0.6) is 23.0 Å². The van der Waals surface area contributed by atoms with E-state index in [0.717, 1.165) is 0 Å². The topological polar surface area (TPSA) is 149 Å². The molecular weight excluding hydrogens is 588 g/mol. The van der Waals surface area contributed by atoms with E-state index in [1.54, 1.807) is 38.3 Å². The van der Waals surface area contributed by atoms with E-state index >= 15 is 0 Å². The fraction of sp³-hybridized carbons (Fsp3) is 0.370. The fourth-order valence-electron chi connectivity index (χ4n) is 3.92. The Kier molecular flexibility index (Phi) is 11.0. The third-order valence-electron chi connectivity index (χ3n) is 5.65. The van der Waals surface area contributed by atoms with Gasteiger partial charge in [0.05, 0.1) is 49.7 Å². The molecule has 0 saturated carbocycles. The van der Waals surface area contributed by atoms with Gasteiger partial charge >= 0.3 is 12.0 Å². The summed E-state index contributed by atoms with van der Waals surface area (Å²) in [5.41, 5.74) is 4.57. The molecule has 216 valence electrons. The number of benzene rings is 2. The molecule has 4 N–H and O–H groups in total. The van der Waals surface area contributed by atoms with Crippen LogP contribution in [0.15, 0.2) is 51.2 Å². The molecule has 12 nitrogen and oxygen atoms in total. The van der Waals surface area contributed by atoms with E-state index in [4.69, 9.17) is 23.7 Å². The van der Waals surface area contributed by atoms with Crippen LogP contribution < -0.4 is 35.0 Å². The molecule has 3 rings (SSSR count). The van der Waals surface area contributed by atoms with Gasteiger partial charge in [0.15, 0.2) is 29.2 Å². The summed E-state index contributed by atoms with van der Waals surface area (Å²) in [5, 5.41) is 19.8. The molecule has 1 heterocycles. The standard InChI is InChI=1S/C27H33BrN4O8/c1-6-38-20-12-17(24-23(26(34)37-5)15(3)30-27(35)31-24)8-9-19(20)40-14-22(33)32-29-13-16-10-18(28)25(39-7-2)21(11-16)36-4/h8-13,22,24,32-33H,6-7,14H2,1-5H3,(H2,30,31,35)/b29-13-/t22-,24-/m1/s1. The lowest BCUT2D eigenvalue weighted by Crippen LogP contribution is -2.45. The lowest BCUT2D eigenvalue weighted by Gasteiger charge is -2.28. The number of aliphatic hydroxyl groups is 1. The van der Waals surface area contributed by atoms with Crippen LogP contribution in [0.2, 0.25) is 0 Å². The number of nitrogens with zero attached hydrogens (tertiary/aromatic N) is 1. The number of halogens is 1. The second kappa shape index (κ2) is 14.4. The average Bonchev–Trinajstić information content (AvgIpc) is 2.93. The van der Waals surface area contributed by atoms with Crippen molar-refractivity contribution in [1.29, 1.82) is 0 Å². The van der Waals surface area contributed by atoms with Crippen LogP contribution in [0.1, 0.15) is 37.9 Å². The Labute approximate surface area is 240 Å².